The first-order valence-corrected chi connectivity index (χ1v) is 6.67. The summed E-state index contributed by atoms with van der Waals surface area (Å²) in [6.45, 7) is 1.48. The van der Waals surface area contributed by atoms with E-state index in [2.05, 4.69) is 65.3 Å². The predicted molar refractivity (Wildman–Crippen MR) is 78.4 cm³/mol. The molecule has 0 bridgehead atoms. The summed E-state index contributed by atoms with van der Waals surface area (Å²) in [4.78, 5) is 0. The number of rotatable bonds is 1. The average Bonchev–Trinajstić information content (AvgIpc) is 2.83. The van der Waals surface area contributed by atoms with Crippen LogP contribution in [0.3, 0.4) is 0 Å². The third kappa shape index (κ3) is 1.60. The first-order valence-electron chi connectivity index (χ1n) is 6.67. The van der Waals surface area contributed by atoms with Crippen molar-refractivity contribution in [1.29, 1.82) is 0 Å². The second-order valence-electron chi connectivity index (χ2n) is 4.94. The molecule has 1 aromatic heterocycles. The van der Waals surface area contributed by atoms with Crippen molar-refractivity contribution in [3.05, 3.63) is 60.7 Å². The fraction of sp³-hybridized carbons (Fsp3) is 0.176. The van der Waals surface area contributed by atoms with Gasteiger partial charge in [-0.05, 0) is 12.1 Å². The van der Waals surface area contributed by atoms with Crippen LogP contribution < -0.4 is 0 Å². The molecule has 0 unspecified atom stereocenters. The van der Waals surface area contributed by atoms with Gasteiger partial charge in [0.25, 0.3) is 0 Å². The SMILES string of the molecule is C1=C[C@@H](n2c3ccccc3c3ccccc32)COC1. The summed E-state index contributed by atoms with van der Waals surface area (Å²) in [6, 6.07) is 17.5. The Morgan fingerprint density at radius 3 is 2.11 bits per heavy atom. The Morgan fingerprint density at radius 1 is 0.895 bits per heavy atom. The maximum absolute atomic E-state index is 5.60. The van der Waals surface area contributed by atoms with E-state index < -0.39 is 0 Å². The molecule has 2 aromatic carbocycles. The van der Waals surface area contributed by atoms with Crippen molar-refractivity contribution in [2.24, 2.45) is 0 Å². The van der Waals surface area contributed by atoms with Crippen LogP contribution in [0.25, 0.3) is 21.8 Å². The second-order valence-corrected chi connectivity index (χ2v) is 4.94. The molecule has 19 heavy (non-hydrogen) atoms. The van der Waals surface area contributed by atoms with Crippen LogP contribution in [0.4, 0.5) is 0 Å². The summed E-state index contributed by atoms with van der Waals surface area (Å²) in [7, 11) is 0. The molecule has 2 heterocycles. The summed E-state index contributed by atoms with van der Waals surface area (Å²) < 4.78 is 7.99. The van der Waals surface area contributed by atoms with E-state index in [-0.39, 0.29) is 0 Å². The molecule has 3 aromatic rings. The highest BCUT2D eigenvalue weighted by Crippen LogP contribution is 2.32. The molecule has 0 amide bonds. The molecule has 2 nitrogen and oxygen atoms in total. The molecule has 0 radical (unpaired) electrons. The molecular formula is C17H15NO. The lowest BCUT2D eigenvalue weighted by molar-refractivity contribution is 0.131. The maximum Gasteiger partial charge on any atom is 0.0757 e. The van der Waals surface area contributed by atoms with Crippen molar-refractivity contribution in [2.75, 3.05) is 13.2 Å². The topological polar surface area (TPSA) is 14.2 Å². The van der Waals surface area contributed by atoms with E-state index in [1.165, 1.54) is 21.8 Å². The zero-order valence-electron chi connectivity index (χ0n) is 10.6. The first kappa shape index (κ1) is 10.8. The molecule has 0 fully saturated rings. The molecule has 94 valence electrons. The minimum Gasteiger partial charge on any atom is -0.375 e. The van der Waals surface area contributed by atoms with Gasteiger partial charge < -0.3 is 9.30 Å². The van der Waals surface area contributed by atoms with Gasteiger partial charge in [-0.15, -0.1) is 0 Å². The van der Waals surface area contributed by atoms with Crippen LogP contribution >= 0.6 is 0 Å². The highest BCUT2D eigenvalue weighted by Gasteiger charge is 2.17. The molecule has 0 aliphatic carbocycles. The van der Waals surface area contributed by atoms with Gasteiger partial charge in [0.15, 0.2) is 0 Å². The average molecular weight is 249 g/mol. The Morgan fingerprint density at radius 2 is 1.53 bits per heavy atom. The molecule has 1 aliphatic heterocycles. The Bertz CT molecular complexity index is 716. The summed E-state index contributed by atoms with van der Waals surface area (Å²) in [5.74, 6) is 0. The number of hydrogen-bond donors (Lipinski definition) is 0. The maximum atomic E-state index is 5.60. The smallest absolute Gasteiger partial charge is 0.0757 e. The van der Waals surface area contributed by atoms with Crippen LogP contribution in [0.15, 0.2) is 60.7 Å². The standard InChI is InChI=1S/C17H15NO/c1-3-9-16-14(7-1)15-8-2-4-10-17(15)18(16)13-6-5-11-19-12-13/h1-10,13H,11-12H2/t13-/m1/s1. The summed E-state index contributed by atoms with van der Waals surface area (Å²) >= 11 is 0. The lowest BCUT2D eigenvalue weighted by Crippen LogP contribution is -2.16. The predicted octanol–water partition coefficient (Wildman–Crippen LogP) is 3.92. The summed E-state index contributed by atoms with van der Waals surface area (Å²) in [5, 5.41) is 2.63. The van der Waals surface area contributed by atoms with Crippen molar-refractivity contribution in [3.8, 4) is 0 Å². The molecule has 0 saturated carbocycles. The molecule has 1 atom stereocenters. The molecule has 4 rings (SSSR count). The first-order chi connectivity index (χ1) is 9.45. The normalized spacial score (nSPS) is 19.3. The molecule has 2 heteroatoms. The van der Waals surface area contributed by atoms with Crippen LogP contribution in [-0.4, -0.2) is 17.8 Å². The fourth-order valence-electron chi connectivity index (χ4n) is 3.00. The van der Waals surface area contributed by atoms with E-state index in [1.54, 1.807) is 0 Å². The number of hydrogen-bond acceptors (Lipinski definition) is 1. The molecule has 0 saturated heterocycles. The number of nitrogens with zero attached hydrogens (tertiary/aromatic N) is 1. The van der Waals surface area contributed by atoms with Crippen LogP contribution in [0.2, 0.25) is 0 Å². The van der Waals surface area contributed by atoms with E-state index >= 15 is 0 Å². The Kier molecular flexibility index (Phi) is 2.42. The zero-order valence-corrected chi connectivity index (χ0v) is 10.6. The minimum atomic E-state index is 0.290. The molecule has 1 aliphatic rings. The van der Waals surface area contributed by atoms with Gasteiger partial charge in [0.2, 0.25) is 0 Å². The van der Waals surface area contributed by atoms with Crippen molar-refractivity contribution < 1.29 is 4.74 Å². The van der Waals surface area contributed by atoms with E-state index in [0.717, 1.165) is 13.2 Å². The van der Waals surface area contributed by atoms with E-state index in [0.29, 0.717) is 6.04 Å². The van der Waals surface area contributed by atoms with Crippen LogP contribution in [-0.2, 0) is 4.74 Å². The Labute approximate surface area is 111 Å². The van der Waals surface area contributed by atoms with E-state index in [9.17, 15) is 0 Å². The molecule has 0 spiro atoms. The van der Waals surface area contributed by atoms with Crippen LogP contribution in [0, 0.1) is 0 Å². The van der Waals surface area contributed by atoms with Crippen molar-refractivity contribution >= 4 is 21.8 Å². The lowest BCUT2D eigenvalue weighted by atomic mass is 10.2. The summed E-state index contributed by atoms with van der Waals surface area (Å²) in [6.07, 6.45) is 4.36. The second kappa shape index (κ2) is 4.25. The van der Waals surface area contributed by atoms with Gasteiger partial charge >= 0.3 is 0 Å². The van der Waals surface area contributed by atoms with Crippen LogP contribution in [0.1, 0.15) is 6.04 Å². The third-order valence-corrected chi connectivity index (χ3v) is 3.81. The third-order valence-electron chi connectivity index (χ3n) is 3.81. The van der Waals surface area contributed by atoms with Crippen molar-refractivity contribution in [1.82, 2.24) is 4.57 Å². The molecular weight excluding hydrogens is 234 g/mol. The quantitative estimate of drug-likeness (QED) is 0.596. The summed E-state index contributed by atoms with van der Waals surface area (Å²) in [5.41, 5.74) is 2.56. The van der Waals surface area contributed by atoms with Crippen molar-refractivity contribution in [3.63, 3.8) is 0 Å². The highest BCUT2D eigenvalue weighted by molar-refractivity contribution is 6.08. The Hall–Kier alpha value is -2.06. The van der Waals surface area contributed by atoms with Gasteiger partial charge in [-0.1, -0.05) is 48.6 Å². The highest BCUT2D eigenvalue weighted by atomic mass is 16.5. The Balaban J connectivity index is 2.10. The van der Waals surface area contributed by atoms with E-state index in [1.807, 2.05) is 0 Å². The lowest BCUT2D eigenvalue weighted by Gasteiger charge is -2.21. The number of para-hydroxylation sites is 2. The van der Waals surface area contributed by atoms with Gasteiger partial charge in [0, 0.05) is 21.8 Å². The van der Waals surface area contributed by atoms with Gasteiger partial charge in [-0.3, -0.25) is 0 Å². The fourth-order valence-corrected chi connectivity index (χ4v) is 3.00. The van der Waals surface area contributed by atoms with Gasteiger partial charge in [0.1, 0.15) is 0 Å². The van der Waals surface area contributed by atoms with Crippen LogP contribution in [0.5, 0.6) is 0 Å². The van der Waals surface area contributed by atoms with Crippen molar-refractivity contribution in [2.45, 2.75) is 6.04 Å². The monoisotopic (exact) mass is 249 g/mol. The number of fused-ring (bicyclic) bond motifs is 3. The minimum absolute atomic E-state index is 0.290. The van der Waals surface area contributed by atoms with E-state index in [4.69, 9.17) is 4.74 Å². The van der Waals surface area contributed by atoms with Gasteiger partial charge in [0.05, 0.1) is 19.3 Å². The largest absolute Gasteiger partial charge is 0.375 e. The van der Waals surface area contributed by atoms with Gasteiger partial charge in [-0.2, -0.15) is 0 Å². The zero-order chi connectivity index (χ0) is 12.7. The number of ether oxygens (including phenoxy) is 1. The number of aromatic nitrogens is 1. The van der Waals surface area contributed by atoms with Gasteiger partial charge in [-0.25, -0.2) is 0 Å². The molecule has 0 N–H and O–H groups in total. The number of benzene rings is 2.